The minimum absolute atomic E-state index is 0.793. The zero-order chi connectivity index (χ0) is 15.5. The molecule has 0 atom stereocenters. The molecule has 0 aliphatic heterocycles. The van der Waals surface area contributed by atoms with E-state index in [1.807, 2.05) is 23.9 Å². The molecule has 3 rings (SSSR count). The SMILES string of the molecule is Cn1nnc(CSc2ccc(Br)cc2)c1-c1ccc(Br)cc1. The summed E-state index contributed by atoms with van der Waals surface area (Å²) < 4.78 is 3.99. The van der Waals surface area contributed by atoms with E-state index in [2.05, 4.69) is 78.6 Å². The first-order chi connectivity index (χ1) is 10.6. The summed E-state index contributed by atoms with van der Waals surface area (Å²) in [5.41, 5.74) is 3.19. The summed E-state index contributed by atoms with van der Waals surface area (Å²) in [5.74, 6) is 0.793. The molecule has 0 unspecified atom stereocenters. The standard InChI is InChI=1S/C16H13Br2N3S/c1-21-16(11-2-4-12(17)5-3-11)15(19-20-21)10-22-14-8-6-13(18)7-9-14/h2-9H,10H2,1H3. The van der Waals surface area contributed by atoms with Crippen molar-refractivity contribution in [1.29, 1.82) is 0 Å². The average Bonchev–Trinajstić information content (AvgIpc) is 2.89. The first-order valence-corrected chi connectivity index (χ1v) is 9.23. The molecule has 0 N–H and O–H groups in total. The van der Waals surface area contributed by atoms with Crippen molar-refractivity contribution >= 4 is 43.6 Å². The molecule has 0 amide bonds. The molecule has 6 heteroatoms. The second-order valence-corrected chi connectivity index (χ2v) is 7.64. The van der Waals surface area contributed by atoms with Gasteiger partial charge in [-0.3, -0.25) is 0 Å². The Morgan fingerprint density at radius 2 is 1.55 bits per heavy atom. The highest BCUT2D eigenvalue weighted by Gasteiger charge is 2.13. The quantitative estimate of drug-likeness (QED) is 0.518. The minimum atomic E-state index is 0.793. The van der Waals surface area contributed by atoms with E-state index >= 15 is 0 Å². The van der Waals surface area contributed by atoms with Crippen LogP contribution < -0.4 is 0 Å². The summed E-state index contributed by atoms with van der Waals surface area (Å²) in [4.78, 5) is 1.22. The van der Waals surface area contributed by atoms with E-state index in [9.17, 15) is 0 Å². The van der Waals surface area contributed by atoms with Gasteiger partial charge in [-0.2, -0.15) is 0 Å². The molecular formula is C16H13Br2N3S. The minimum Gasteiger partial charge on any atom is -0.247 e. The second-order valence-electron chi connectivity index (χ2n) is 4.76. The Hall–Kier alpha value is -1.11. The predicted molar refractivity (Wildman–Crippen MR) is 97.8 cm³/mol. The van der Waals surface area contributed by atoms with Gasteiger partial charge in [-0.15, -0.1) is 16.9 Å². The van der Waals surface area contributed by atoms with Crippen molar-refractivity contribution in [1.82, 2.24) is 15.0 Å². The van der Waals surface area contributed by atoms with Crippen LogP contribution in [0.15, 0.2) is 62.4 Å². The topological polar surface area (TPSA) is 30.7 Å². The molecule has 3 aromatic rings. The number of nitrogens with zero attached hydrogens (tertiary/aromatic N) is 3. The smallest absolute Gasteiger partial charge is 0.101 e. The number of thioether (sulfide) groups is 1. The van der Waals surface area contributed by atoms with Crippen LogP contribution in [0.25, 0.3) is 11.3 Å². The Kier molecular flexibility index (Phi) is 5.00. The van der Waals surface area contributed by atoms with Crippen LogP contribution in [0, 0.1) is 0 Å². The van der Waals surface area contributed by atoms with Crippen LogP contribution in [0.2, 0.25) is 0 Å². The molecule has 0 spiro atoms. The fraction of sp³-hybridized carbons (Fsp3) is 0.125. The molecule has 0 aliphatic carbocycles. The van der Waals surface area contributed by atoms with Crippen molar-refractivity contribution in [3.63, 3.8) is 0 Å². The first-order valence-electron chi connectivity index (χ1n) is 6.66. The van der Waals surface area contributed by atoms with Crippen molar-refractivity contribution in [3.8, 4) is 11.3 Å². The number of halogens is 2. The van der Waals surface area contributed by atoms with Crippen molar-refractivity contribution in [2.24, 2.45) is 7.05 Å². The van der Waals surface area contributed by atoms with E-state index < -0.39 is 0 Å². The van der Waals surface area contributed by atoms with Crippen LogP contribution in [-0.4, -0.2) is 15.0 Å². The lowest BCUT2D eigenvalue weighted by Gasteiger charge is -2.05. The number of aryl methyl sites for hydroxylation is 1. The van der Waals surface area contributed by atoms with E-state index in [-0.39, 0.29) is 0 Å². The molecule has 0 bridgehead atoms. The number of aromatic nitrogens is 3. The average molecular weight is 439 g/mol. The summed E-state index contributed by atoms with van der Waals surface area (Å²) in [7, 11) is 1.93. The van der Waals surface area contributed by atoms with Crippen molar-refractivity contribution in [3.05, 3.63) is 63.2 Å². The van der Waals surface area contributed by atoms with Crippen LogP contribution in [0.1, 0.15) is 5.69 Å². The molecule has 0 fully saturated rings. The van der Waals surface area contributed by atoms with E-state index in [4.69, 9.17) is 0 Å². The van der Waals surface area contributed by atoms with Gasteiger partial charge in [-0.1, -0.05) is 49.2 Å². The normalized spacial score (nSPS) is 10.9. The molecule has 112 valence electrons. The highest BCUT2D eigenvalue weighted by atomic mass is 79.9. The third-order valence-corrected chi connectivity index (χ3v) is 5.28. The fourth-order valence-corrected chi connectivity index (χ4v) is 3.50. The Morgan fingerprint density at radius 1 is 0.955 bits per heavy atom. The largest absolute Gasteiger partial charge is 0.247 e. The Balaban J connectivity index is 1.83. The molecular weight excluding hydrogens is 426 g/mol. The monoisotopic (exact) mass is 437 g/mol. The highest BCUT2D eigenvalue weighted by molar-refractivity contribution is 9.10. The number of hydrogen-bond acceptors (Lipinski definition) is 3. The molecule has 0 saturated heterocycles. The van der Waals surface area contributed by atoms with Crippen molar-refractivity contribution < 1.29 is 0 Å². The third kappa shape index (κ3) is 3.62. The van der Waals surface area contributed by atoms with Crippen LogP contribution in [0.5, 0.6) is 0 Å². The maximum Gasteiger partial charge on any atom is 0.101 e. The zero-order valence-corrected chi connectivity index (χ0v) is 15.8. The molecule has 3 nitrogen and oxygen atoms in total. The van der Waals surface area contributed by atoms with E-state index in [1.165, 1.54) is 4.90 Å². The fourth-order valence-electron chi connectivity index (χ4n) is 2.14. The molecule has 2 aromatic carbocycles. The van der Waals surface area contributed by atoms with Gasteiger partial charge in [-0.25, -0.2) is 4.68 Å². The number of rotatable bonds is 4. The summed E-state index contributed by atoms with van der Waals surface area (Å²) in [6.07, 6.45) is 0. The maximum atomic E-state index is 4.32. The van der Waals surface area contributed by atoms with Gasteiger partial charge in [0.05, 0.1) is 5.69 Å². The van der Waals surface area contributed by atoms with Crippen LogP contribution in [0.3, 0.4) is 0 Å². The first kappa shape index (κ1) is 15.8. The summed E-state index contributed by atoms with van der Waals surface area (Å²) in [5, 5.41) is 8.49. The molecule has 0 radical (unpaired) electrons. The van der Waals surface area contributed by atoms with E-state index in [0.29, 0.717) is 0 Å². The van der Waals surface area contributed by atoms with Crippen molar-refractivity contribution in [2.75, 3.05) is 0 Å². The van der Waals surface area contributed by atoms with Gasteiger partial charge in [0, 0.05) is 32.2 Å². The summed E-state index contributed by atoms with van der Waals surface area (Å²) in [6, 6.07) is 16.5. The van der Waals surface area contributed by atoms with Gasteiger partial charge < -0.3 is 0 Å². The van der Waals surface area contributed by atoms with Crippen LogP contribution in [-0.2, 0) is 12.8 Å². The molecule has 0 aliphatic rings. The summed E-state index contributed by atoms with van der Waals surface area (Å²) >= 11 is 8.68. The maximum absolute atomic E-state index is 4.32. The predicted octanol–water partition coefficient (Wildman–Crippen LogP) is 5.30. The van der Waals surface area contributed by atoms with Gasteiger partial charge >= 0.3 is 0 Å². The number of hydrogen-bond donors (Lipinski definition) is 0. The van der Waals surface area contributed by atoms with Gasteiger partial charge in [0.25, 0.3) is 0 Å². The lowest BCUT2D eigenvalue weighted by atomic mass is 10.1. The molecule has 1 aromatic heterocycles. The molecule has 1 heterocycles. The van der Waals surface area contributed by atoms with Gasteiger partial charge in [-0.05, 0) is 36.4 Å². The zero-order valence-electron chi connectivity index (χ0n) is 11.8. The molecule has 0 saturated carbocycles. The highest BCUT2D eigenvalue weighted by Crippen LogP contribution is 2.29. The van der Waals surface area contributed by atoms with Crippen molar-refractivity contribution in [2.45, 2.75) is 10.6 Å². The lowest BCUT2D eigenvalue weighted by molar-refractivity contribution is 0.719. The van der Waals surface area contributed by atoms with Crippen LogP contribution in [0.4, 0.5) is 0 Å². The number of benzene rings is 2. The summed E-state index contributed by atoms with van der Waals surface area (Å²) in [6.45, 7) is 0. The Morgan fingerprint density at radius 3 is 2.18 bits per heavy atom. The molecule has 22 heavy (non-hydrogen) atoms. The van der Waals surface area contributed by atoms with Crippen LogP contribution >= 0.6 is 43.6 Å². The van der Waals surface area contributed by atoms with Gasteiger partial charge in [0.2, 0.25) is 0 Å². The lowest BCUT2D eigenvalue weighted by Crippen LogP contribution is -1.95. The van der Waals surface area contributed by atoms with E-state index in [0.717, 1.165) is 31.6 Å². The van der Waals surface area contributed by atoms with E-state index in [1.54, 1.807) is 11.8 Å². The van der Waals surface area contributed by atoms with Gasteiger partial charge in [0.1, 0.15) is 5.69 Å². The Bertz CT molecular complexity index is 767. The van der Waals surface area contributed by atoms with Gasteiger partial charge in [0.15, 0.2) is 0 Å². The Labute approximate surface area is 150 Å². The third-order valence-electron chi connectivity index (χ3n) is 3.20. The second kappa shape index (κ2) is 6.98.